The van der Waals surface area contributed by atoms with E-state index < -0.39 is 5.91 Å². The minimum absolute atomic E-state index is 0.00420. The molecule has 1 spiro atoms. The second kappa shape index (κ2) is 10.7. The van der Waals surface area contributed by atoms with Crippen LogP contribution >= 0.6 is 11.6 Å². The second-order valence-corrected chi connectivity index (χ2v) is 9.97. The van der Waals surface area contributed by atoms with Crippen molar-refractivity contribution in [2.75, 3.05) is 31.1 Å². The Balaban J connectivity index is 1.14. The van der Waals surface area contributed by atoms with Gasteiger partial charge in [-0.2, -0.15) is 0 Å². The van der Waals surface area contributed by atoms with E-state index in [-0.39, 0.29) is 39.7 Å². The van der Waals surface area contributed by atoms with Crippen LogP contribution in [0.1, 0.15) is 49.6 Å². The molecule has 0 unspecified atom stereocenters. The number of likely N-dealkylation sites (tertiary alicyclic amines) is 1. The molecule has 2 amide bonds. The lowest BCUT2D eigenvalue weighted by molar-refractivity contribution is 0.0668. The van der Waals surface area contributed by atoms with Crippen molar-refractivity contribution in [3.63, 3.8) is 0 Å². The SMILES string of the molecule is Nc1nc(N)c(C(=O)NC2=NCC3(CCN(C(=O)c4ccc(C(=O)Cc5ccccc5)cc4)CC3)N2)nc1Cl. The summed E-state index contributed by atoms with van der Waals surface area (Å²) in [6.07, 6.45) is 1.60. The van der Waals surface area contributed by atoms with Crippen molar-refractivity contribution in [2.45, 2.75) is 24.8 Å². The molecule has 2 aliphatic heterocycles. The highest BCUT2D eigenvalue weighted by atomic mass is 35.5. The molecular weight excluding hydrogens is 520 g/mol. The van der Waals surface area contributed by atoms with E-state index in [0.717, 1.165) is 5.56 Å². The number of ketones is 1. The van der Waals surface area contributed by atoms with Gasteiger partial charge in [0.25, 0.3) is 11.8 Å². The van der Waals surface area contributed by atoms with Gasteiger partial charge in [0, 0.05) is 30.6 Å². The largest absolute Gasteiger partial charge is 0.382 e. The smallest absolute Gasteiger partial charge is 0.280 e. The third-order valence-electron chi connectivity index (χ3n) is 6.94. The van der Waals surface area contributed by atoms with Gasteiger partial charge >= 0.3 is 0 Å². The van der Waals surface area contributed by atoms with Crippen LogP contribution in [0.3, 0.4) is 0 Å². The summed E-state index contributed by atoms with van der Waals surface area (Å²) >= 11 is 5.87. The van der Waals surface area contributed by atoms with Crippen molar-refractivity contribution in [3.05, 3.63) is 82.1 Å². The van der Waals surface area contributed by atoms with Crippen LogP contribution < -0.4 is 22.1 Å². The molecule has 200 valence electrons. The van der Waals surface area contributed by atoms with Crippen molar-refractivity contribution in [3.8, 4) is 0 Å². The van der Waals surface area contributed by atoms with E-state index in [4.69, 9.17) is 23.1 Å². The van der Waals surface area contributed by atoms with Gasteiger partial charge in [0.1, 0.15) is 0 Å². The summed E-state index contributed by atoms with van der Waals surface area (Å²) in [4.78, 5) is 52.3. The molecule has 1 fully saturated rings. The predicted molar refractivity (Wildman–Crippen MR) is 148 cm³/mol. The van der Waals surface area contributed by atoms with Gasteiger partial charge in [-0.25, -0.2) is 9.97 Å². The molecule has 0 aliphatic carbocycles. The number of amides is 2. The summed E-state index contributed by atoms with van der Waals surface area (Å²) < 4.78 is 0. The topological polar surface area (TPSA) is 169 Å². The van der Waals surface area contributed by atoms with Crippen LogP contribution in [0.15, 0.2) is 59.6 Å². The number of guanidine groups is 1. The first kappa shape index (κ1) is 26.1. The highest BCUT2D eigenvalue weighted by molar-refractivity contribution is 6.31. The summed E-state index contributed by atoms with van der Waals surface area (Å²) in [7, 11) is 0. The Bertz CT molecular complexity index is 1450. The monoisotopic (exact) mass is 546 g/mol. The van der Waals surface area contributed by atoms with Crippen molar-refractivity contribution in [1.29, 1.82) is 0 Å². The van der Waals surface area contributed by atoms with E-state index in [1.807, 2.05) is 30.3 Å². The number of piperidine rings is 1. The molecule has 5 rings (SSSR count). The van der Waals surface area contributed by atoms with Crippen LogP contribution in [-0.2, 0) is 6.42 Å². The van der Waals surface area contributed by atoms with Crippen molar-refractivity contribution < 1.29 is 14.4 Å². The summed E-state index contributed by atoms with van der Waals surface area (Å²) in [6.45, 7) is 1.49. The third kappa shape index (κ3) is 5.68. The molecule has 39 heavy (non-hydrogen) atoms. The van der Waals surface area contributed by atoms with Crippen LogP contribution in [0.5, 0.6) is 0 Å². The number of halogens is 1. The lowest BCUT2D eigenvalue weighted by Gasteiger charge is -2.39. The Morgan fingerprint density at radius 2 is 1.62 bits per heavy atom. The number of carbonyl (C=O) groups excluding carboxylic acids is 3. The van der Waals surface area contributed by atoms with Crippen LogP contribution in [0.2, 0.25) is 5.15 Å². The number of hydrogen-bond donors (Lipinski definition) is 4. The number of aliphatic imine (C=N–C) groups is 1. The molecule has 0 bridgehead atoms. The second-order valence-electron chi connectivity index (χ2n) is 9.61. The number of nitrogens with two attached hydrogens (primary N) is 2. The number of nitrogens with zero attached hydrogens (tertiary/aromatic N) is 4. The van der Waals surface area contributed by atoms with E-state index in [2.05, 4.69) is 25.6 Å². The van der Waals surface area contributed by atoms with Gasteiger partial charge in [0.2, 0.25) is 0 Å². The average Bonchev–Trinajstić information content (AvgIpc) is 3.32. The molecule has 1 saturated heterocycles. The Hall–Kier alpha value is -4.51. The van der Waals surface area contributed by atoms with Gasteiger partial charge in [-0.05, 0) is 30.5 Å². The summed E-state index contributed by atoms with van der Waals surface area (Å²) in [5.41, 5.74) is 12.9. The van der Waals surface area contributed by atoms with Crippen LogP contribution in [0.4, 0.5) is 11.6 Å². The number of rotatable bonds is 5. The fourth-order valence-corrected chi connectivity index (χ4v) is 4.82. The number of hydrogen-bond acceptors (Lipinski definition) is 9. The summed E-state index contributed by atoms with van der Waals surface area (Å²) in [5, 5.41) is 5.83. The Morgan fingerprint density at radius 1 is 0.949 bits per heavy atom. The van der Waals surface area contributed by atoms with Crippen LogP contribution in [0.25, 0.3) is 0 Å². The van der Waals surface area contributed by atoms with Gasteiger partial charge in [0.05, 0.1) is 12.1 Å². The number of Topliss-reactive ketones (excluding diaryl/α,β-unsaturated/α-hetero) is 1. The number of nitrogen functional groups attached to an aromatic ring is 2. The van der Waals surface area contributed by atoms with Crippen molar-refractivity contribution in [2.24, 2.45) is 4.99 Å². The molecule has 3 aromatic rings. The maximum absolute atomic E-state index is 13.1. The number of benzene rings is 2. The van der Waals surface area contributed by atoms with Gasteiger partial charge < -0.3 is 21.7 Å². The Morgan fingerprint density at radius 3 is 2.31 bits per heavy atom. The van der Waals surface area contributed by atoms with Crippen molar-refractivity contribution >= 4 is 46.8 Å². The van der Waals surface area contributed by atoms with Gasteiger partial charge in [-0.1, -0.05) is 54.1 Å². The zero-order chi connectivity index (χ0) is 27.6. The molecule has 11 nitrogen and oxygen atoms in total. The molecule has 3 heterocycles. The number of carbonyl (C=O) groups is 3. The fourth-order valence-electron chi connectivity index (χ4n) is 4.69. The van der Waals surface area contributed by atoms with Crippen LogP contribution in [0, 0.1) is 0 Å². The molecule has 12 heteroatoms. The molecule has 2 aromatic carbocycles. The van der Waals surface area contributed by atoms with Gasteiger partial charge in [-0.15, -0.1) is 0 Å². The molecule has 0 atom stereocenters. The normalized spacial score (nSPS) is 15.9. The van der Waals surface area contributed by atoms with E-state index in [9.17, 15) is 14.4 Å². The first-order valence-electron chi connectivity index (χ1n) is 12.4. The predicted octanol–water partition coefficient (Wildman–Crippen LogP) is 2.08. The quantitative estimate of drug-likeness (QED) is 0.352. The summed E-state index contributed by atoms with van der Waals surface area (Å²) in [5.74, 6) is -0.593. The van der Waals surface area contributed by atoms with E-state index in [0.29, 0.717) is 56.0 Å². The lowest BCUT2D eigenvalue weighted by Crippen LogP contribution is -2.57. The molecule has 0 radical (unpaired) electrons. The maximum atomic E-state index is 13.1. The van der Waals surface area contributed by atoms with E-state index in [1.54, 1.807) is 29.2 Å². The van der Waals surface area contributed by atoms with Gasteiger partial charge in [0.15, 0.2) is 34.2 Å². The van der Waals surface area contributed by atoms with Gasteiger partial charge in [-0.3, -0.25) is 24.7 Å². The first-order valence-corrected chi connectivity index (χ1v) is 12.8. The van der Waals surface area contributed by atoms with E-state index in [1.165, 1.54) is 0 Å². The third-order valence-corrected chi connectivity index (χ3v) is 7.22. The fraction of sp³-hybridized carbons (Fsp3) is 0.259. The highest BCUT2D eigenvalue weighted by Crippen LogP contribution is 2.27. The zero-order valence-corrected chi connectivity index (χ0v) is 21.7. The molecule has 1 aromatic heterocycles. The van der Waals surface area contributed by atoms with Crippen LogP contribution in [-0.4, -0.2) is 63.6 Å². The minimum atomic E-state index is -0.608. The number of nitrogens with one attached hydrogen (secondary N) is 2. The number of anilines is 2. The lowest BCUT2D eigenvalue weighted by atomic mass is 9.88. The Labute approximate surface area is 229 Å². The molecule has 6 N–H and O–H groups in total. The number of aromatic nitrogens is 2. The molecular formula is C27H27ClN8O3. The van der Waals surface area contributed by atoms with E-state index >= 15 is 0 Å². The first-order chi connectivity index (χ1) is 18.7. The minimum Gasteiger partial charge on any atom is -0.382 e. The average molecular weight is 547 g/mol. The van der Waals surface area contributed by atoms with Crippen molar-refractivity contribution in [1.82, 2.24) is 25.5 Å². The zero-order valence-electron chi connectivity index (χ0n) is 21.0. The standard InChI is InChI=1S/C27H27ClN8O3/c28-21-23(30)33-22(29)20(32-21)24(38)34-26-31-15-27(35-26)10-12-36(13-11-27)25(39)18-8-6-17(7-9-18)19(37)14-16-4-2-1-3-5-16/h1-9H,10-15H2,(H4,29,30,33)(H2,31,34,35,38). The summed E-state index contributed by atoms with van der Waals surface area (Å²) in [6, 6.07) is 16.4. The molecule has 0 saturated carbocycles. The Kier molecular flexibility index (Phi) is 7.16. The highest BCUT2D eigenvalue weighted by Gasteiger charge is 2.40. The molecule has 2 aliphatic rings. The maximum Gasteiger partial charge on any atom is 0.280 e.